The van der Waals surface area contributed by atoms with Gasteiger partial charge in [0.15, 0.2) is 6.61 Å². The summed E-state index contributed by atoms with van der Waals surface area (Å²) in [5.74, 6) is 0.675. The maximum absolute atomic E-state index is 12.1. The van der Waals surface area contributed by atoms with Gasteiger partial charge in [0, 0.05) is 11.6 Å². The Morgan fingerprint density at radius 3 is 2.74 bits per heavy atom. The van der Waals surface area contributed by atoms with Gasteiger partial charge in [-0.05, 0) is 26.0 Å². The van der Waals surface area contributed by atoms with Crippen LogP contribution in [0.1, 0.15) is 25.5 Å². The number of rotatable bonds is 2. The molecule has 3 nitrogen and oxygen atoms in total. The van der Waals surface area contributed by atoms with Crippen LogP contribution < -0.4 is 9.47 Å². The number of epoxide rings is 1. The van der Waals surface area contributed by atoms with Crippen LogP contribution >= 0.6 is 0 Å². The second-order valence-corrected chi connectivity index (χ2v) is 5.29. The van der Waals surface area contributed by atoms with Crippen molar-refractivity contribution in [3.8, 4) is 11.5 Å². The van der Waals surface area contributed by atoms with Crippen molar-refractivity contribution in [3.63, 3.8) is 0 Å². The quantitative estimate of drug-likeness (QED) is 0.776. The van der Waals surface area contributed by atoms with Gasteiger partial charge in [0.1, 0.15) is 29.3 Å². The van der Waals surface area contributed by atoms with Crippen molar-refractivity contribution in [2.45, 2.75) is 37.8 Å². The molecule has 0 amide bonds. The lowest BCUT2D eigenvalue weighted by molar-refractivity contribution is -0.153. The molecule has 2 aliphatic rings. The Bertz CT molecular complexity index is 510. The fourth-order valence-electron chi connectivity index (χ4n) is 2.31. The van der Waals surface area contributed by atoms with Crippen LogP contribution in [0.3, 0.4) is 0 Å². The minimum atomic E-state index is -4.35. The third-order valence-corrected chi connectivity index (χ3v) is 3.24. The molecule has 0 saturated carbocycles. The second kappa shape index (κ2) is 3.79. The fraction of sp³-hybridized carbons (Fsp3) is 0.538. The van der Waals surface area contributed by atoms with Crippen LogP contribution in [0.4, 0.5) is 13.2 Å². The van der Waals surface area contributed by atoms with E-state index in [1.807, 2.05) is 13.8 Å². The molecule has 6 heteroatoms. The Labute approximate surface area is 108 Å². The minimum Gasteiger partial charge on any atom is -0.484 e. The van der Waals surface area contributed by atoms with Crippen LogP contribution in [-0.2, 0) is 4.74 Å². The molecule has 0 radical (unpaired) electrons. The van der Waals surface area contributed by atoms with Gasteiger partial charge in [-0.1, -0.05) is 0 Å². The first-order valence-electron chi connectivity index (χ1n) is 5.94. The Kier molecular flexibility index (Phi) is 2.51. The highest BCUT2D eigenvalue weighted by atomic mass is 19.4. The highest BCUT2D eigenvalue weighted by molar-refractivity contribution is 5.46. The van der Waals surface area contributed by atoms with Crippen molar-refractivity contribution in [3.05, 3.63) is 23.8 Å². The number of benzene rings is 1. The van der Waals surface area contributed by atoms with Crippen LogP contribution in [0.5, 0.6) is 11.5 Å². The summed E-state index contributed by atoms with van der Waals surface area (Å²) in [5, 5.41) is 0. The summed E-state index contributed by atoms with van der Waals surface area (Å²) < 4.78 is 52.3. The molecule has 2 unspecified atom stereocenters. The average Bonchev–Trinajstić information content (AvgIpc) is 3.05. The Morgan fingerprint density at radius 1 is 1.32 bits per heavy atom. The summed E-state index contributed by atoms with van der Waals surface area (Å²) in [6.07, 6.45) is -4.35. The minimum absolute atomic E-state index is 0.0157. The average molecular weight is 274 g/mol. The van der Waals surface area contributed by atoms with Gasteiger partial charge in [0.25, 0.3) is 0 Å². The maximum Gasteiger partial charge on any atom is 0.422 e. The molecule has 1 fully saturated rings. The van der Waals surface area contributed by atoms with Crippen molar-refractivity contribution in [2.75, 3.05) is 6.61 Å². The molecule has 1 aromatic rings. The molecule has 2 atom stereocenters. The molecular weight excluding hydrogens is 261 g/mol. The number of hydrogen-bond donors (Lipinski definition) is 0. The first-order chi connectivity index (χ1) is 8.76. The van der Waals surface area contributed by atoms with Crippen molar-refractivity contribution in [1.29, 1.82) is 0 Å². The number of hydrogen-bond acceptors (Lipinski definition) is 3. The maximum atomic E-state index is 12.1. The summed E-state index contributed by atoms with van der Waals surface area (Å²) in [4.78, 5) is 0. The van der Waals surface area contributed by atoms with Gasteiger partial charge in [-0.3, -0.25) is 0 Å². The molecule has 0 N–H and O–H groups in total. The van der Waals surface area contributed by atoms with Crippen molar-refractivity contribution >= 4 is 0 Å². The molecule has 1 aromatic carbocycles. The molecule has 0 bridgehead atoms. The standard InChI is InChI=1S/C13H13F3O3/c1-12(2)11-10(18-11)8-4-3-7(5-9(8)19-12)17-6-13(14,15)16/h3-5,10-11H,6H2,1-2H3. The molecule has 1 saturated heterocycles. The van der Waals surface area contributed by atoms with Crippen LogP contribution in [0, 0.1) is 0 Å². The lowest BCUT2D eigenvalue weighted by atomic mass is 9.94. The van der Waals surface area contributed by atoms with Gasteiger partial charge >= 0.3 is 6.18 Å². The second-order valence-electron chi connectivity index (χ2n) is 5.29. The van der Waals surface area contributed by atoms with E-state index in [-0.39, 0.29) is 18.0 Å². The molecule has 104 valence electrons. The molecule has 2 heterocycles. The molecule has 2 aliphatic heterocycles. The number of alkyl halides is 3. The van der Waals surface area contributed by atoms with Crippen molar-refractivity contribution < 1.29 is 27.4 Å². The van der Waals surface area contributed by atoms with Crippen LogP contribution in [0.15, 0.2) is 18.2 Å². The van der Waals surface area contributed by atoms with Crippen LogP contribution in [-0.4, -0.2) is 24.5 Å². The third-order valence-electron chi connectivity index (χ3n) is 3.24. The largest absolute Gasteiger partial charge is 0.484 e. The van der Waals surface area contributed by atoms with Gasteiger partial charge in [-0.2, -0.15) is 13.2 Å². The molecule has 3 rings (SSSR count). The number of fused-ring (bicyclic) bond motifs is 3. The van der Waals surface area contributed by atoms with Gasteiger partial charge < -0.3 is 14.2 Å². The zero-order valence-corrected chi connectivity index (χ0v) is 10.5. The van der Waals surface area contributed by atoms with Gasteiger partial charge in [-0.25, -0.2) is 0 Å². The van der Waals surface area contributed by atoms with Gasteiger partial charge in [-0.15, -0.1) is 0 Å². The van der Waals surface area contributed by atoms with Gasteiger partial charge in [0.05, 0.1) is 0 Å². The number of ether oxygens (including phenoxy) is 3. The Hall–Kier alpha value is -1.43. The summed E-state index contributed by atoms with van der Waals surface area (Å²) in [6, 6.07) is 4.69. The molecule has 0 spiro atoms. The lowest BCUT2D eigenvalue weighted by Gasteiger charge is -2.29. The predicted molar refractivity (Wildman–Crippen MR) is 60.3 cm³/mol. The normalized spacial score (nSPS) is 27.0. The Morgan fingerprint density at radius 2 is 2.05 bits per heavy atom. The van der Waals surface area contributed by atoms with E-state index in [1.54, 1.807) is 6.07 Å². The van der Waals surface area contributed by atoms with E-state index in [0.29, 0.717) is 5.75 Å². The summed E-state index contributed by atoms with van der Waals surface area (Å²) in [7, 11) is 0. The molecule has 19 heavy (non-hydrogen) atoms. The smallest absolute Gasteiger partial charge is 0.422 e. The summed E-state index contributed by atoms with van der Waals surface area (Å²) in [5.41, 5.74) is 0.393. The zero-order chi connectivity index (χ0) is 13.8. The van der Waals surface area contributed by atoms with Crippen molar-refractivity contribution in [1.82, 2.24) is 0 Å². The van der Waals surface area contributed by atoms with Crippen LogP contribution in [0.2, 0.25) is 0 Å². The Balaban J connectivity index is 1.81. The zero-order valence-electron chi connectivity index (χ0n) is 10.5. The third kappa shape index (κ3) is 2.36. The van der Waals surface area contributed by atoms with Gasteiger partial charge in [0.2, 0.25) is 0 Å². The van der Waals surface area contributed by atoms with E-state index >= 15 is 0 Å². The molecule has 0 aromatic heterocycles. The highest BCUT2D eigenvalue weighted by Gasteiger charge is 2.56. The molecule has 0 aliphatic carbocycles. The van der Waals surface area contributed by atoms with E-state index in [4.69, 9.17) is 14.2 Å². The molecular formula is C13H13F3O3. The first kappa shape index (κ1) is 12.6. The van der Waals surface area contributed by atoms with E-state index < -0.39 is 18.4 Å². The van der Waals surface area contributed by atoms with E-state index in [1.165, 1.54) is 12.1 Å². The topological polar surface area (TPSA) is 31.0 Å². The first-order valence-corrected chi connectivity index (χ1v) is 5.94. The highest BCUT2D eigenvalue weighted by Crippen LogP contribution is 2.54. The fourth-order valence-corrected chi connectivity index (χ4v) is 2.31. The lowest BCUT2D eigenvalue weighted by Crippen LogP contribution is -2.37. The summed E-state index contributed by atoms with van der Waals surface area (Å²) in [6.45, 7) is 2.48. The monoisotopic (exact) mass is 274 g/mol. The SMILES string of the molecule is CC1(C)Oc2cc(OCC(F)(F)F)ccc2C2OC21. The van der Waals surface area contributed by atoms with E-state index in [0.717, 1.165) is 5.56 Å². The predicted octanol–water partition coefficient (Wildman–Crippen LogP) is 3.24. The van der Waals surface area contributed by atoms with E-state index in [2.05, 4.69) is 0 Å². The number of halogens is 3. The van der Waals surface area contributed by atoms with E-state index in [9.17, 15) is 13.2 Å². The summed E-state index contributed by atoms with van der Waals surface area (Å²) >= 11 is 0. The van der Waals surface area contributed by atoms with Crippen molar-refractivity contribution in [2.24, 2.45) is 0 Å². The van der Waals surface area contributed by atoms with Crippen LogP contribution in [0.25, 0.3) is 0 Å².